The molecule has 0 fully saturated rings. The Balaban J connectivity index is 1.75. The molecule has 0 saturated carbocycles. The van der Waals surface area contributed by atoms with Crippen LogP contribution in [0, 0.1) is 13.8 Å². The molecule has 148 valence electrons. The van der Waals surface area contributed by atoms with E-state index in [1.165, 1.54) is 22.5 Å². The van der Waals surface area contributed by atoms with Gasteiger partial charge in [-0.1, -0.05) is 23.8 Å². The molecule has 0 N–H and O–H groups in total. The monoisotopic (exact) mass is 404 g/mol. The summed E-state index contributed by atoms with van der Waals surface area (Å²) < 4.78 is 5.67. The molecule has 0 aliphatic carbocycles. The SMILES string of the molecule is CCN(CC)c1ccc2cc(-c3nc(-c4ccc(C)cc4C)cs3)c(=O)oc2c1. The molecule has 0 saturated heterocycles. The largest absolute Gasteiger partial charge is 0.422 e. The number of rotatable bonds is 5. The predicted molar refractivity (Wildman–Crippen MR) is 122 cm³/mol. The van der Waals surface area contributed by atoms with Gasteiger partial charge in [0.1, 0.15) is 10.6 Å². The van der Waals surface area contributed by atoms with Crippen LogP contribution in [0.1, 0.15) is 25.0 Å². The van der Waals surface area contributed by atoms with Gasteiger partial charge in [-0.05, 0) is 51.5 Å². The quantitative estimate of drug-likeness (QED) is 0.380. The lowest BCUT2D eigenvalue weighted by atomic mass is 10.0. The first-order chi connectivity index (χ1) is 14.0. The second-order valence-corrected chi connectivity index (χ2v) is 8.06. The molecule has 0 unspecified atom stereocenters. The second kappa shape index (κ2) is 7.84. The van der Waals surface area contributed by atoms with E-state index in [4.69, 9.17) is 9.40 Å². The van der Waals surface area contributed by atoms with Crippen LogP contribution in [0.25, 0.3) is 32.8 Å². The van der Waals surface area contributed by atoms with Gasteiger partial charge < -0.3 is 9.32 Å². The fourth-order valence-electron chi connectivity index (χ4n) is 3.66. The summed E-state index contributed by atoms with van der Waals surface area (Å²) in [7, 11) is 0. The fraction of sp³-hybridized carbons (Fsp3) is 0.250. The third-order valence-corrected chi connectivity index (χ3v) is 6.12. The Hall–Kier alpha value is -2.92. The van der Waals surface area contributed by atoms with Crippen LogP contribution in [0.4, 0.5) is 5.69 Å². The van der Waals surface area contributed by atoms with Crippen LogP contribution in [0.15, 0.2) is 57.1 Å². The number of hydrogen-bond acceptors (Lipinski definition) is 5. The number of benzene rings is 2. The number of hydrogen-bond donors (Lipinski definition) is 0. The Morgan fingerprint density at radius 1 is 1.00 bits per heavy atom. The van der Waals surface area contributed by atoms with Crippen molar-refractivity contribution in [3.05, 3.63) is 69.4 Å². The van der Waals surface area contributed by atoms with Crippen LogP contribution in [0.2, 0.25) is 0 Å². The van der Waals surface area contributed by atoms with E-state index in [2.05, 4.69) is 56.9 Å². The second-order valence-electron chi connectivity index (χ2n) is 7.20. The van der Waals surface area contributed by atoms with Crippen molar-refractivity contribution >= 4 is 28.0 Å². The highest BCUT2D eigenvalue weighted by Gasteiger charge is 2.14. The zero-order valence-electron chi connectivity index (χ0n) is 17.2. The van der Waals surface area contributed by atoms with Crippen LogP contribution < -0.4 is 10.5 Å². The van der Waals surface area contributed by atoms with E-state index < -0.39 is 0 Å². The van der Waals surface area contributed by atoms with Crippen molar-refractivity contribution in [2.45, 2.75) is 27.7 Å². The third-order valence-electron chi connectivity index (χ3n) is 5.24. The third kappa shape index (κ3) is 3.70. The zero-order chi connectivity index (χ0) is 20.5. The average molecular weight is 405 g/mol. The van der Waals surface area contributed by atoms with Crippen LogP contribution in [0.3, 0.4) is 0 Å². The van der Waals surface area contributed by atoms with E-state index >= 15 is 0 Å². The number of fused-ring (bicyclic) bond motifs is 1. The van der Waals surface area contributed by atoms with Crippen LogP contribution in [0.5, 0.6) is 0 Å². The van der Waals surface area contributed by atoms with Gasteiger partial charge in [0.25, 0.3) is 0 Å². The normalized spacial score (nSPS) is 11.2. The first kappa shape index (κ1) is 19.4. The number of aromatic nitrogens is 1. The smallest absolute Gasteiger partial charge is 0.346 e. The van der Waals surface area contributed by atoms with Gasteiger partial charge in [-0.15, -0.1) is 11.3 Å². The lowest BCUT2D eigenvalue weighted by Gasteiger charge is -2.20. The standard InChI is InChI=1S/C24H24N2O2S/c1-5-26(6-2)18-9-8-17-12-20(24(27)28-22(17)13-18)23-25-21(14-29-23)19-10-7-15(3)11-16(19)4/h7-14H,5-6H2,1-4H3. The molecule has 0 aliphatic heterocycles. The topological polar surface area (TPSA) is 46.3 Å². The van der Waals surface area contributed by atoms with E-state index in [1.807, 2.05) is 23.6 Å². The minimum Gasteiger partial charge on any atom is -0.422 e. The Labute approximate surface area is 174 Å². The fourth-order valence-corrected chi connectivity index (χ4v) is 4.48. The van der Waals surface area contributed by atoms with E-state index in [0.29, 0.717) is 16.2 Å². The first-order valence-corrected chi connectivity index (χ1v) is 10.7. The highest BCUT2D eigenvalue weighted by atomic mass is 32.1. The molecule has 4 aromatic rings. The molecular weight excluding hydrogens is 380 g/mol. The van der Waals surface area contributed by atoms with Crippen molar-refractivity contribution in [1.82, 2.24) is 4.98 Å². The van der Waals surface area contributed by atoms with Crippen LogP contribution in [-0.4, -0.2) is 18.1 Å². The van der Waals surface area contributed by atoms with Crippen molar-refractivity contribution in [3.63, 3.8) is 0 Å². The van der Waals surface area contributed by atoms with E-state index in [0.717, 1.165) is 35.4 Å². The Morgan fingerprint density at radius 3 is 2.52 bits per heavy atom. The minimum atomic E-state index is -0.351. The van der Waals surface area contributed by atoms with Gasteiger partial charge in [0.05, 0.1) is 11.3 Å². The lowest BCUT2D eigenvalue weighted by molar-refractivity contribution is 0.563. The van der Waals surface area contributed by atoms with Gasteiger partial charge >= 0.3 is 5.63 Å². The van der Waals surface area contributed by atoms with Gasteiger partial charge in [0, 0.05) is 41.2 Å². The summed E-state index contributed by atoms with van der Waals surface area (Å²) in [6.45, 7) is 10.2. The van der Waals surface area contributed by atoms with E-state index in [-0.39, 0.29) is 5.63 Å². The van der Waals surface area contributed by atoms with Gasteiger partial charge in [-0.2, -0.15) is 0 Å². The van der Waals surface area contributed by atoms with Crippen molar-refractivity contribution in [2.24, 2.45) is 0 Å². The number of nitrogens with zero attached hydrogens (tertiary/aromatic N) is 2. The summed E-state index contributed by atoms with van der Waals surface area (Å²) in [5.41, 5.74) is 6.20. The molecule has 29 heavy (non-hydrogen) atoms. The average Bonchev–Trinajstić information content (AvgIpc) is 3.18. The zero-order valence-corrected chi connectivity index (χ0v) is 18.0. The molecular formula is C24H24N2O2S. The summed E-state index contributed by atoms with van der Waals surface area (Å²) in [6, 6.07) is 14.2. The first-order valence-electron chi connectivity index (χ1n) is 9.86. The molecule has 0 aliphatic rings. The molecule has 4 rings (SSSR count). The molecule has 0 radical (unpaired) electrons. The molecule has 2 aromatic carbocycles. The molecule has 2 heterocycles. The lowest BCUT2D eigenvalue weighted by Crippen LogP contribution is -2.21. The van der Waals surface area contributed by atoms with Crippen LogP contribution in [-0.2, 0) is 0 Å². The molecule has 2 aromatic heterocycles. The Bertz CT molecular complexity index is 1240. The number of thiazole rings is 1. The van der Waals surface area contributed by atoms with Gasteiger partial charge in [-0.3, -0.25) is 0 Å². The summed E-state index contributed by atoms with van der Waals surface area (Å²) in [4.78, 5) is 19.7. The van der Waals surface area contributed by atoms with E-state index in [9.17, 15) is 4.79 Å². The summed E-state index contributed by atoms with van der Waals surface area (Å²) in [5.74, 6) is 0. The van der Waals surface area contributed by atoms with Crippen molar-refractivity contribution in [2.75, 3.05) is 18.0 Å². The van der Waals surface area contributed by atoms with Crippen molar-refractivity contribution in [3.8, 4) is 21.8 Å². The van der Waals surface area contributed by atoms with Crippen molar-refractivity contribution in [1.29, 1.82) is 0 Å². The number of aryl methyl sites for hydroxylation is 2. The minimum absolute atomic E-state index is 0.351. The molecule has 0 amide bonds. The van der Waals surface area contributed by atoms with Gasteiger partial charge in [-0.25, -0.2) is 9.78 Å². The molecule has 0 atom stereocenters. The Kier molecular flexibility index (Phi) is 5.24. The van der Waals surface area contributed by atoms with Gasteiger partial charge in [0.2, 0.25) is 0 Å². The predicted octanol–water partition coefficient (Wildman–Crippen LogP) is 6.05. The molecule has 4 nitrogen and oxygen atoms in total. The molecule has 5 heteroatoms. The molecule has 0 spiro atoms. The maximum Gasteiger partial charge on any atom is 0.346 e. The summed E-state index contributed by atoms with van der Waals surface area (Å²) in [5, 5.41) is 3.59. The van der Waals surface area contributed by atoms with E-state index in [1.54, 1.807) is 0 Å². The maximum absolute atomic E-state index is 12.7. The maximum atomic E-state index is 12.7. The highest BCUT2D eigenvalue weighted by Crippen LogP contribution is 2.31. The number of anilines is 1. The van der Waals surface area contributed by atoms with Crippen LogP contribution >= 0.6 is 11.3 Å². The summed E-state index contributed by atoms with van der Waals surface area (Å²) >= 11 is 1.47. The van der Waals surface area contributed by atoms with Crippen molar-refractivity contribution < 1.29 is 4.42 Å². The highest BCUT2D eigenvalue weighted by molar-refractivity contribution is 7.13. The summed E-state index contributed by atoms with van der Waals surface area (Å²) in [6.07, 6.45) is 0. The Morgan fingerprint density at radius 2 is 1.79 bits per heavy atom. The van der Waals surface area contributed by atoms with Gasteiger partial charge in [0.15, 0.2) is 0 Å². The molecule has 0 bridgehead atoms.